The molecule has 5 nitrogen and oxygen atoms in total. The number of aryl methyl sites for hydroxylation is 1. The van der Waals surface area contributed by atoms with Crippen molar-refractivity contribution in [2.24, 2.45) is 0 Å². The van der Waals surface area contributed by atoms with E-state index in [4.69, 9.17) is 16.3 Å². The topological polar surface area (TPSA) is 68.3 Å². The Kier molecular flexibility index (Phi) is 6.80. The SMILES string of the molecule is Cc1cc(S(=O)(=O)NCc2ccc(COCc3ccccc3)cc2)cnc1Cl. The maximum atomic E-state index is 12.4. The third-order valence-electron chi connectivity index (χ3n) is 4.17. The minimum absolute atomic E-state index is 0.0975. The summed E-state index contributed by atoms with van der Waals surface area (Å²) in [5, 5.41) is 0.295. The van der Waals surface area contributed by atoms with Crippen LogP contribution in [0.15, 0.2) is 71.8 Å². The van der Waals surface area contributed by atoms with E-state index in [0.717, 1.165) is 16.7 Å². The molecular formula is C21H21ClN2O3S. The van der Waals surface area contributed by atoms with E-state index < -0.39 is 10.0 Å². The average Bonchev–Trinajstić information content (AvgIpc) is 2.70. The van der Waals surface area contributed by atoms with Crippen molar-refractivity contribution in [1.82, 2.24) is 9.71 Å². The van der Waals surface area contributed by atoms with E-state index in [-0.39, 0.29) is 11.4 Å². The van der Waals surface area contributed by atoms with Crippen molar-refractivity contribution in [2.45, 2.75) is 31.6 Å². The van der Waals surface area contributed by atoms with Crippen LogP contribution in [-0.4, -0.2) is 13.4 Å². The number of benzene rings is 2. The quantitative estimate of drug-likeness (QED) is 0.558. The Morgan fingerprint density at radius 1 is 0.964 bits per heavy atom. The standard InChI is InChI=1S/C21H21ClN2O3S/c1-16-11-20(13-23-21(16)22)28(25,26)24-12-17-7-9-19(10-8-17)15-27-14-18-5-3-2-4-6-18/h2-11,13,24H,12,14-15H2,1H3. The van der Waals surface area contributed by atoms with Gasteiger partial charge in [-0.15, -0.1) is 0 Å². The highest BCUT2D eigenvalue weighted by molar-refractivity contribution is 7.89. The molecule has 0 spiro atoms. The highest BCUT2D eigenvalue weighted by Gasteiger charge is 2.15. The maximum absolute atomic E-state index is 12.4. The normalized spacial score (nSPS) is 11.5. The Labute approximate surface area is 170 Å². The van der Waals surface area contributed by atoms with Crippen molar-refractivity contribution in [2.75, 3.05) is 0 Å². The van der Waals surface area contributed by atoms with E-state index in [2.05, 4.69) is 9.71 Å². The summed E-state index contributed by atoms with van der Waals surface area (Å²) in [7, 11) is -3.65. The molecule has 28 heavy (non-hydrogen) atoms. The number of ether oxygens (including phenoxy) is 1. The highest BCUT2D eigenvalue weighted by atomic mass is 35.5. The molecule has 0 aliphatic carbocycles. The summed E-state index contributed by atoms with van der Waals surface area (Å²) in [4.78, 5) is 3.99. The molecule has 2 aromatic carbocycles. The number of nitrogens with zero attached hydrogens (tertiary/aromatic N) is 1. The van der Waals surface area contributed by atoms with Crippen molar-refractivity contribution < 1.29 is 13.2 Å². The van der Waals surface area contributed by atoms with Crippen LogP contribution in [0, 0.1) is 6.92 Å². The second-order valence-corrected chi connectivity index (χ2v) is 8.52. The van der Waals surface area contributed by atoms with Crippen molar-refractivity contribution in [3.05, 3.63) is 94.3 Å². The van der Waals surface area contributed by atoms with Crippen LogP contribution in [0.5, 0.6) is 0 Å². The molecule has 7 heteroatoms. The van der Waals surface area contributed by atoms with Crippen LogP contribution in [0.1, 0.15) is 22.3 Å². The molecule has 0 radical (unpaired) electrons. The first-order valence-corrected chi connectivity index (χ1v) is 10.6. The first-order valence-electron chi connectivity index (χ1n) is 8.75. The van der Waals surface area contributed by atoms with Gasteiger partial charge < -0.3 is 4.74 Å². The van der Waals surface area contributed by atoms with Gasteiger partial charge in [0.05, 0.1) is 13.2 Å². The number of rotatable bonds is 8. The van der Waals surface area contributed by atoms with Crippen LogP contribution in [0.3, 0.4) is 0 Å². The molecule has 0 aliphatic rings. The van der Waals surface area contributed by atoms with Crippen LogP contribution < -0.4 is 4.72 Å². The first kappa shape index (κ1) is 20.5. The maximum Gasteiger partial charge on any atom is 0.242 e. The number of nitrogens with one attached hydrogen (secondary N) is 1. The predicted molar refractivity (Wildman–Crippen MR) is 109 cm³/mol. The van der Waals surface area contributed by atoms with Crippen LogP contribution in [-0.2, 0) is 34.5 Å². The number of pyridine rings is 1. The number of hydrogen-bond acceptors (Lipinski definition) is 4. The van der Waals surface area contributed by atoms with Crippen molar-refractivity contribution in [1.29, 1.82) is 0 Å². The summed E-state index contributed by atoms with van der Waals surface area (Å²) in [6.45, 7) is 2.95. The minimum atomic E-state index is -3.65. The summed E-state index contributed by atoms with van der Waals surface area (Å²) in [6.07, 6.45) is 1.25. The van der Waals surface area contributed by atoms with E-state index in [9.17, 15) is 8.42 Å². The minimum Gasteiger partial charge on any atom is -0.372 e. The molecule has 0 amide bonds. The molecular weight excluding hydrogens is 396 g/mol. The van der Waals surface area contributed by atoms with E-state index in [1.165, 1.54) is 12.3 Å². The van der Waals surface area contributed by atoms with Crippen LogP contribution in [0.2, 0.25) is 5.15 Å². The monoisotopic (exact) mass is 416 g/mol. The fourth-order valence-corrected chi connectivity index (χ4v) is 3.71. The number of sulfonamides is 1. The molecule has 1 aromatic heterocycles. The zero-order chi connectivity index (χ0) is 20.0. The zero-order valence-corrected chi connectivity index (χ0v) is 17.0. The lowest BCUT2D eigenvalue weighted by Crippen LogP contribution is -2.23. The Morgan fingerprint density at radius 2 is 1.57 bits per heavy atom. The average molecular weight is 417 g/mol. The van der Waals surface area contributed by atoms with Gasteiger partial charge in [-0.3, -0.25) is 0 Å². The molecule has 3 aromatic rings. The fraction of sp³-hybridized carbons (Fsp3) is 0.190. The second-order valence-electron chi connectivity index (χ2n) is 6.40. The summed E-state index contributed by atoms with van der Waals surface area (Å²) < 4.78 is 33.1. The van der Waals surface area contributed by atoms with E-state index >= 15 is 0 Å². The molecule has 0 aliphatic heterocycles. The van der Waals surface area contributed by atoms with Gasteiger partial charge in [0.1, 0.15) is 10.0 Å². The fourth-order valence-electron chi connectivity index (χ4n) is 2.56. The molecule has 0 fully saturated rings. The number of aromatic nitrogens is 1. The highest BCUT2D eigenvalue weighted by Crippen LogP contribution is 2.17. The molecule has 3 rings (SSSR count). The van der Waals surface area contributed by atoms with Gasteiger partial charge in [-0.1, -0.05) is 66.2 Å². The molecule has 0 saturated carbocycles. The Morgan fingerprint density at radius 3 is 2.21 bits per heavy atom. The second kappa shape index (κ2) is 9.30. The van der Waals surface area contributed by atoms with Gasteiger partial charge in [0.15, 0.2) is 0 Å². The lowest BCUT2D eigenvalue weighted by Gasteiger charge is -2.09. The van der Waals surface area contributed by atoms with Gasteiger partial charge in [-0.25, -0.2) is 18.1 Å². The molecule has 0 unspecified atom stereocenters. The predicted octanol–water partition coefficient (Wildman–Crippen LogP) is 4.24. The Balaban J connectivity index is 1.53. The van der Waals surface area contributed by atoms with Gasteiger partial charge in [-0.2, -0.15) is 0 Å². The summed E-state index contributed by atoms with van der Waals surface area (Å²) in [5.74, 6) is 0. The Bertz CT molecular complexity index is 1020. The Hall–Kier alpha value is -2.25. The van der Waals surface area contributed by atoms with Gasteiger partial charge in [0, 0.05) is 12.7 Å². The molecule has 1 N–H and O–H groups in total. The zero-order valence-electron chi connectivity index (χ0n) is 15.4. The number of hydrogen-bond donors (Lipinski definition) is 1. The van der Waals surface area contributed by atoms with Crippen molar-refractivity contribution in [3.8, 4) is 0 Å². The smallest absolute Gasteiger partial charge is 0.242 e. The van der Waals surface area contributed by atoms with Crippen molar-refractivity contribution >= 4 is 21.6 Å². The van der Waals surface area contributed by atoms with E-state index in [1.807, 2.05) is 54.6 Å². The molecule has 0 saturated heterocycles. The molecule has 0 atom stereocenters. The third-order valence-corrected chi connectivity index (χ3v) is 5.93. The summed E-state index contributed by atoms with van der Waals surface area (Å²) in [5.41, 5.74) is 3.62. The van der Waals surface area contributed by atoms with Crippen LogP contribution in [0.25, 0.3) is 0 Å². The van der Waals surface area contributed by atoms with Crippen LogP contribution in [0.4, 0.5) is 0 Å². The lowest BCUT2D eigenvalue weighted by molar-refractivity contribution is 0.107. The largest absolute Gasteiger partial charge is 0.372 e. The summed E-state index contributed by atoms with van der Waals surface area (Å²) in [6, 6.07) is 19.1. The van der Waals surface area contributed by atoms with Gasteiger partial charge >= 0.3 is 0 Å². The van der Waals surface area contributed by atoms with E-state index in [0.29, 0.717) is 23.9 Å². The van der Waals surface area contributed by atoms with E-state index in [1.54, 1.807) is 6.92 Å². The van der Waals surface area contributed by atoms with Crippen molar-refractivity contribution in [3.63, 3.8) is 0 Å². The number of halogens is 1. The van der Waals surface area contributed by atoms with Crippen LogP contribution >= 0.6 is 11.6 Å². The molecule has 1 heterocycles. The third kappa shape index (κ3) is 5.62. The molecule has 146 valence electrons. The first-order chi connectivity index (χ1) is 13.4. The van der Waals surface area contributed by atoms with Gasteiger partial charge in [0.2, 0.25) is 10.0 Å². The van der Waals surface area contributed by atoms with Gasteiger partial charge in [0.25, 0.3) is 0 Å². The molecule has 0 bridgehead atoms. The lowest BCUT2D eigenvalue weighted by atomic mass is 10.1. The van der Waals surface area contributed by atoms with Gasteiger partial charge in [-0.05, 0) is 35.2 Å². The summed E-state index contributed by atoms with van der Waals surface area (Å²) >= 11 is 5.85.